The van der Waals surface area contributed by atoms with Gasteiger partial charge in [0.1, 0.15) is 6.04 Å². The van der Waals surface area contributed by atoms with Crippen LogP contribution >= 0.6 is 0 Å². The Kier molecular flexibility index (Phi) is 7.85. The topological polar surface area (TPSA) is 91.0 Å². The van der Waals surface area contributed by atoms with E-state index in [2.05, 4.69) is 10.6 Å². The number of piperazine rings is 1. The third-order valence-electron chi connectivity index (χ3n) is 7.04. The molecule has 1 aromatic rings. The van der Waals surface area contributed by atoms with E-state index in [0.717, 1.165) is 50.7 Å². The Labute approximate surface area is 196 Å². The first kappa shape index (κ1) is 23.5. The van der Waals surface area contributed by atoms with Crippen LogP contribution < -0.4 is 10.6 Å². The van der Waals surface area contributed by atoms with Crippen LogP contribution in [-0.2, 0) is 14.3 Å². The number of hydrogen-bond donors (Lipinski definition) is 2. The molecular weight excluding hydrogens is 420 g/mol. The number of carbonyl (C=O) groups excluding carboxylic acids is 3. The molecule has 0 spiro atoms. The summed E-state index contributed by atoms with van der Waals surface area (Å²) in [5.41, 5.74) is 1.83. The fourth-order valence-electron chi connectivity index (χ4n) is 5.02. The molecule has 1 aliphatic carbocycles. The molecule has 0 radical (unpaired) electrons. The predicted molar refractivity (Wildman–Crippen MR) is 126 cm³/mol. The van der Waals surface area contributed by atoms with Crippen molar-refractivity contribution >= 4 is 23.5 Å². The number of carbonyl (C=O) groups is 3. The van der Waals surface area contributed by atoms with Crippen LogP contribution in [0.5, 0.6) is 0 Å². The standard InChI is InChI=1S/C25H36N4O4/c1-18-9-11-20(12-10-18)27-25(32)28-13-14-29(24(31)19-6-3-2-4-7-19)22(17-28)23(30)26-16-21-8-5-15-33-21/h9-12,19,21-22H,2-8,13-17H2,1H3,(H,26,30)(H,27,32). The zero-order valence-electron chi connectivity index (χ0n) is 19.6. The number of urea groups is 1. The number of anilines is 1. The van der Waals surface area contributed by atoms with Crippen LogP contribution in [0.1, 0.15) is 50.5 Å². The highest BCUT2D eigenvalue weighted by Gasteiger charge is 2.39. The molecule has 3 aliphatic rings. The van der Waals surface area contributed by atoms with E-state index in [1.165, 1.54) is 6.42 Å². The predicted octanol–water partition coefficient (Wildman–Crippen LogP) is 2.92. The lowest BCUT2D eigenvalue weighted by Gasteiger charge is -2.42. The van der Waals surface area contributed by atoms with E-state index in [0.29, 0.717) is 25.3 Å². The first-order chi connectivity index (χ1) is 16.0. The SMILES string of the molecule is Cc1ccc(NC(=O)N2CCN(C(=O)C3CCCCC3)C(C(=O)NCC3CCCO3)C2)cc1. The molecule has 4 amide bonds. The summed E-state index contributed by atoms with van der Waals surface area (Å²) < 4.78 is 5.62. The molecular formula is C25H36N4O4. The summed E-state index contributed by atoms with van der Waals surface area (Å²) >= 11 is 0. The number of ether oxygens (including phenoxy) is 1. The highest BCUT2D eigenvalue weighted by molar-refractivity contribution is 5.92. The zero-order chi connectivity index (χ0) is 23.2. The number of nitrogens with zero attached hydrogens (tertiary/aromatic N) is 2. The van der Waals surface area contributed by atoms with Crippen molar-refractivity contribution in [3.63, 3.8) is 0 Å². The van der Waals surface area contributed by atoms with Crippen LogP contribution in [0, 0.1) is 12.8 Å². The Morgan fingerprint density at radius 3 is 2.45 bits per heavy atom. The second-order valence-electron chi connectivity index (χ2n) is 9.50. The lowest BCUT2D eigenvalue weighted by atomic mass is 9.87. The van der Waals surface area contributed by atoms with Crippen molar-refractivity contribution in [1.29, 1.82) is 0 Å². The minimum Gasteiger partial charge on any atom is -0.376 e. The van der Waals surface area contributed by atoms with Crippen LogP contribution in [0.4, 0.5) is 10.5 Å². The Balaban J connectivity index is 1.43. The molecule has 33 heavy (non-hydrogen) atoms. The molecule has 0 bridgehead atoms. The number of rotatable bonds is 5. The normalized spacial score (nSPS) is 23.9. The van der Waals surface area contributed by atoms with Crippen LogP contribution in [0.2, 0.25) is 0 Å². The fourth-order valence-corrected chi connectivity index (χ4v) is 5.02. The van der Waals surface area contributed by atoms with Gasteiger partial charge in [0.2, 0.25) is 11.8 Å². The van der Waals surface area contributed by atoms with Crippen molar-refractivity contribution in [1.82, 2.24) is 15.1 Å². The van der Waals surface area contributed by atoms with E-state index in [4.69, 9.17) is 4.74 Å². The average molecular weight is 457 g/mol. The van der Waals surface area contributed by atoms with Crippen molar-refractivity contribution in [3.8, 4) is 0 Å². The highest BCUT2D eigenvalue weighted by Crippen LogP contribution is 2.27. The maximum atomic E-state index is 13.3. The fraction of sp³-hybridized carbons (Fsp3) is 0.640. The lowest BCUT2D eigenvalue weighted by Crippen LogP contribution is -2.63. The van der Waals surface area contributed by atoms with Crippen LogP contribution in [0.3, 0.4) is 0 Å². The third-order valence-corrected chi connectivity index (χ3v) is 7.04. The molecule has 2 saturated heterocycles. The van der Waals surface area contributed by atoms with Crippen molar-refractivity contribution in [2.45, 2.75) is 64.0 Å². The molecule has 2 heterocycles. The number of benzene rings is 1. The highest BCUT2D eigenvalue weighted by atomic mass is 16.5. The van der Waals surface area contributed by atoms with E-state index in [1.54, 1.807) is 9.80 Å². The zero-order valence-corrected chi connectivity index (χ0v) is 19.6. The summed E-state index contributed by atoms with van der Waals surface area (Å²) in [6.45, 7) is 4.13. The number of hydrogen-bond acceptors (Lipinski definition) is 4. The Morgan fingerprint density at radius 1 is 1.00 bits per heavy atom. The summed E-state index contributed by atoms with van der Waals surface area (Å²) in [5.74, 6) is -0.159. The quantitative estimate of drug-likeness (QED) is 0.713. The van der Waals surface area contributed by atoms with E-state index in [-0.39, 0.29) is 36.4 Å². The van der Waals surface area contributed by atoms with Gasteiger partial charge in [-0.1, -0.05) is 37.0 Å². The number of aryl methyl sites for hydroxylation is 1. The second kappa shape index (κ2) is 11.0. The van der Waals surface area contributed by atoms with Gasteiger partial charge in [-0.05, 0) is 44.7 Å². The van der Waals surface area contributed by atoms with Gasteiger partial charge in [0.25, 0.3) is 0 Å². The van der Waals surface area contributed by atoms with Gasteiger partial charge < -0.3 is 25.2 Å². The van der Waals surface area contributed by atoms with Crippen molar-refractivity contribution in [2.75, 3.05) is 38.1 Å². The maximum absolute atomic E-state index is 13.3. The summed E-state index contributed by atoms with van der Waals surface area (Å²) in [4.78, 5) is 42.8. The van der Waals surface area contributed by atoms with Gasteiger partial charge >= 0.3 is 6.03 Å². The molecule has 8 heteroatoms. The van der Waals surface area contributed by atoms with Gasteiger partial charge in [0.15, 0.2) is 0 Å². The summed E-state index contributed by atoms with van der Waals surface area (Å²) in [7, 11) is 0. The molecule has 1 aromatic carbocycles. The third kappa shape index (κ3) is 6.05. The van der Waals surface area contributed by atoms with Crippen molar-refractivity contribution in [2.24, 2.45) is 5.92 Å². The minimum absolute atomic E-state index is 0.0137. The van der Waals surface area contributed by atoms with E-state index in [9.17, 15) is 14.4 Å². The molecule has 1 saturated carbocycles. The monoisotopic (exact) mass is 456 g/mol. The second-order valence-corrected chi connectivity index (χ2v) is 9.50. The summed E-state index contributed by atoms with van der Waals surface area (Å²) in [6, 6.07) is 6.68. The first-order valence-corrected chi connectivity index (χ1v) is 12.3. The maximum Gasteiger partial charge on any atom is 0.321 e. The minimum atomic E-state index is -0.682. The molecule has 8 nitrogen and oxygen atoms in total. The largest absolute Gasteiger partial charge is 0.376 e. The smallest absolute Gasteiger partial charge is 0.321 e. The Hall–Kier alpha value is -2.61. The average Bonchev–Trinajstić information content (AvgIpc) is 3.37. The van der Waals surface area contributed by atoms with Crippen LogP contribution in [0.25, 0.3) is 0 Å². The first-order valence-electron chi connectivity index (χ1n) is 12.3. The molecule has 2 atom stereocenters. The molecule has 0 aromatic heterocycles. The van der Waals surface area contributed by atoms with Gasteiger partial charge in [-0.2, -0.15) is 0 Å². The Morgan fingerprint density at radius 2 is 1.76 bits per heavy atom. The summed E-state index contributed by atoms with van der Waals surface area (Å²) in [5, 5.41) is 5.90. The molecule has 4 rings (SSSR count). The van der Waals surface area contributed by atoms with E-state index >= 15 is 0 Å². The van der Waals surface area contributed by atoms with Gasteiger partial charge in [-0.3, -0.25) is 9.59 Å². The summed E-state index contributed by atoms with van der Waals surface area (Å²) in [6.07, 6.45) is 7.03. The molecule has 180 valence electrons. The van der Waals surface area contributed by atoms with Gasteiger partial charge in [-0.25, -0.2) is 4.79 Å². The number of nitrogens with one attached hydrogen (secondary N) is 2. The van der Waals surface area contributed by atoms with Crippen LogP contribution in [0.15, 0.2) is 24.3 Å². The molecule has 3 fully saturated rings. The molecule has 2 N–H and O–H groups in total. The van der Waals surface area contributed by atoms with E-state index < -0.39 is 6.04 Å². The molecule has 2 unspecified atom stereocenters. The number of amides is 4. The lowest BCUT2D eigenvalue weighted by molar-refractivity contribution is -0.147. The van der Waals surface area contributed by atoms with Crippen molar-refractivity contribution in [3.05, 3.63) is 29.8 Å². The van der Waals surface area contributed by atoms with E-state index in [1.807, 2.05) is 31.2 Å². The van der Waals surface area contributed by atoms with Gasteiger partial charge in [-0.15, -0.1) is 0 Å². The van der Waals surface area contributed by atoms with Gasteiger partial charge in [0, 0.05) is 37.8 Å². The van der Waals surface area contributed by atoms with Crippen LogP contribution in [-0.4, -0.2) is 72.6 Å². The van der Waals surface area contributed by atoms with Crippen molar-refractivity contribution < 1.29 is 19.1 Å². The van der Waals surface area contributed by atoms with Gasteiger partial charge in [0.05, 0.1) is 12.6 Å². The molecule has 2 aliphatic heterocycles. The Bertz CT molecular complexity index is 831.